The molecule has 0 aromatic carbocycles. The number of primary amides is 1. The molecular weight excluding hydrogens is 238 g/mol. The third-order valence-electron chi connectivity index (χ3n) is 1.97. The topological polar surface area (TPSA) is 87.8 Å². The first-order valence-corrected chi connectivity index (χ1v) is 6.20. The lowest BCUT2D eigenvalue weighted by Gasteiger charge is -2.05. The molecule has 106 valence electrons. The van der Waals surface area contributed by atoms with Crippen LogP contribution in [-0.4, -0.2) is 51.3 Å². The van der Waals surface area contributed by atoms with Crippen LogP contribution in [0, 0.1) is 0 Å². The number of amides is 1. The number of Topliss-reactive ketones (excluding diaryl/α,β-unsaturated/α-hetero) is 1. The summed E-state index contributed by atoms with van der Waals surface area (Å²) < 4.78 is 15.3. The van der Waals surface area contributed by atoms with Gasteiger partial charge in [0.15, 0.2) is 5.78 Å². The standard InChI is InChI=1S/C12H23NO5/c1-2-5-16-7-8-17-6-3-4-11(14)9-18-10-12(13)15/h2-10H2,1H3,(H2,13,15). The molecular formula is C12H23NO5. The fourth-order valence-electron chi connectivity index (χ4n) is 1.18. The minimum absolute atomic E-state index is 0.0536. The van der Waals surface area contributed by atoms with Crippen LogP contribution in [0.15, 0.2) is 0 Å². The molecule has 0 aromatic heterocycles. The first kappa shape index (κ1) is 17.0. The number of ketones is 1. The molecule has 0 saturated carbocycles. The Morgan fingerprint density at radius 1 is 0.944 bits per heavy atom. The third-order valence-corrected chi connectivity index (χ3v) is 1.97. The van der Waals surface area contributed by atoms with Crippen LogP contribution in [0.2, 0.25) is 0 Å². The number of nitrogens with two attached hydrogens (primary N) is 1. The van der Waals surface area contributed by atoms with Gasteiger partial charge in [-0.25, -0.2) is 0 Å². The molecule has 0 radical (unpaired) electrons. The fourth-order valence-corrected chi connectivity index (χ4v) is 1.18. The zero-order valence-corrected chi connectivity index (χ0v) is 11.0. The third kappa shape index (κ3) is 13.1. The van der Waals surface area contributed by atoms with Gasteiger partial charge < -0.3 is 19.9 Å². The average Bonchev–Trinajstić information content (AvgIpc) is 2.32. The van der Waals surface area contributed by atoms with Crippen LogP contribution < -0.4 is 5.73 Å². The van der Waals surface area contributed by atoms with Gasteiger partial charge in [0.05, 0.1) is 13.2 Å². The Bertz CT molecular complexity index is 233. The van der Waals surface area contributed by atoms with Gasteiger partial charge in [0, 0.05) is 19.6 Å². The van der Waals surface area contributed by atoms with E-state index in [1.54, 1.807) is 0 Å². The minimum Gasteiger partial charge on any atom is -0.379 e. The van der Waals surface area contributed by atoms with Gasteiger partial charge in [0.25, 0.3) is 0 Å². The summed E-state index contributed by atoms with van der Waals surface area (Å²) in [5, 5.41) is 0. The number of hydrogen-bond acceptors (Lipinski definition) is 5. The molecule has 0 aromatic rings. The Hall–Kier alpha value is -0.980. The molecule has 18 heavy (non-hydrogen) atoms. The summed E-state index contributed by atoms with van der Waals surface area (Å²) >= 11 is 0. The van der Waals surface area contributed by atoms with Crippen LogP contribution >= 0.6 is 0 Å². The quantitative estimate of drug-likeness (QED) is 0.481. The molecule has 0 bridgehead atoms. The Morgan fingerprint density at radius 2 is 1.61 bits per heavy atom. The zero-order chi connectivity index (χ0) is 13.6. The second-order valence-electron chi connectivity index (χ2n) is 3.83. The molecule has 1 amide bonds. The molecule has 6 nitrogen and oxygen atoms in total. The van der Waals surface area contributed by atoms with E-state index in [1.165, 1.54) is 0 Å². The number of hydrogen-bond donors (Lipinski definition) is 1. The lowest BCUT2D eigenvalue weighted by atomic mass is 10.2. The SMILES string of the molecule is CCCOCCOCCCC(=O)COCC(N)=O. The summed E-state index contributed by atoms with van der Waals surface area (Å²) in [6, 6.07) is 0. The summed E-state index contributed by atoms with van der Waals surface area (Å²) in [7, 11) is 0. The highest BCUT2D eigenvalue weighted by molar-refractivity contribution is 5.80. The Labute approximate surface area is 108 Å². The van der Waals surface area contributed by atoms with Gasteiger partial charge in [0.2, 0.25) is 5.91 Å². The van der Waals surface area contributed by atoms with Crippen molar-refractivity contribution < 1.29 is 23.8 Å². The second-order valence-corrected chi connectivity index (χ2v) is 3.83. The molecule has 0 fully saturated rings. The van der Waals surface area contributed by atoms with E-state index >= 15 is 0 Å². The molecule has 0 atom stereocenters. The van der Waals surface area contributed by atoms with Crippen molar-refractivity contribution >= 4 is 11.7 Å². The maximum atomic E-state index is 11.2. The number of carbonyl (C=O) groups is 2. The molecule has 2 N–H and O–H groups in total. The smallest absolute Gasteiger partial charge is 0.243 e. The van der Waals surface area contributed by atoms with Crippen molar-refractivity contribution in [1.82, 2.24) is 0 Å². The Kier molecular flexibility index (Phi) is 11.8. The molecule has 6 heteroatoms. The summed E-state index contributed by atoms with van der Waals surface area (Å²) in [5.41, 5.74) is 4.86. The summed E-state index contributed by atoms with van der Waals surface area (Å²) in [6.45, 7) is 4.18. The molecule has 0 aliphatic heterocycles. The Morgan fingerprint density at radius 3 is 2.22 bits per heavy atom. The highest BCUT2D eigenvalue weighted by Crippen LogP contribution is 1.93. The monoisotopic (exact) mass is 261 g/mol. The van der Waals surface area contributed by atoms with Crippen molar-refractivity contribution in [3.63, 3.8) is 0 Å². The van der Waals surface area contributed by atoms with Crippen molar-refractivity contribution in [2.45, 2.75) is 26.2 Å². The molecule has 0 aliphatic rings. The molecule has 0 unspecified atom stereocenters. The zero-order valence-electron chi connectivity index (χ0n) is 11.0. The predicted molar refractivity (Wildman–Crippen MR) is 66.2 cm³/mol. The second kappa shape index (κ2) is 12.5. The van der Waals surface area contributed by atoms with Gasteiger partial charge in [-0.05, 0) is 12.8 Å². The summed E-state index contributed by atoms with van der Waals surface area (Å²) in [5.74, 6) is -0.625. The van der Waals surface area contributed by atoms with Gasteiger partial charge in [-0.3, -0.25) is 9.59 Å². The van der Waals surface area contributed by atoms with Crippen LogP contribution in [0.4, 0.5) is 0 Å². The molecule has 0 spiro atoms. The van der Waals surface area contributed by atoms with Crippen LogP contribution in [0.5, 0.6) is 0 Å². The van der Waals surface area contributed by atoms with Crippen molar-refractivity contribution in [2.24, 2.45) is 5.73 Å². The van der Waals surface area contributed by atoms with Crippen molar-refractivity contribution in [3.8, 4) is 0 Å². The first-order valence-electron chi connectivity index (χ1n) is 6.20. The van der Waals surface area contributed by atoms with Gasteiger partial charge in [-0.2, -0.15) is 0 Å². The van der Waals surface area contributed by atoms with E-state index in [0.29, 0.717) is 32.7 Å². The molecule has 0 saturated heterocycles. The van der Waals surface area contributed by atoms with Crippen LogP contribution in [0.1, 0.15) is 26.2 Å². The van der Waals surface area contributed by atoms with E-state index in [9.17, 15) is 9.59 Å². The molecule has 0 aliphatic carbocycles. The van der Waals surface area contributed by atoms with Gasteiger partial charge in [0.1, 0.15) is 13.2 Å². The van der Waals surface area contributed by atoms with Gasteiger partial charge >= 0.3 is 0 Å². The lowest BCUT2D eigenvalue weighted by molar-refractivity contribution is -0.128. The van der Waals surface area contributed by atoms with E-state index in [0.717, 1.165) is 13.0 Å². The van der Waals surface area contributed by atoms with Crippen molar-refractivity contribution in [2.75, 3.05) is 39.6 Å². The van der Waals surface area contributed by atoms with Crippen LogP contribution in [0.25, 0.3) is 0 Å². The van der Waals surface area contributed by atoms with E-state index in [1.807, 2.05) is 6.92 Å². The summed E-state index contributed by atoms with van der Waals surface area (Å²) in [4.78, 5) is 21.6. The van der Waals surface area contributed by atoms with E-state index in [-0.39, 0.29) is 19.0 Å². The molecule has 0 rings (SSSR count). The Balaban J connectivity index is 3.17. The summed E-state index contributed by atoms with van der Waals surface area (Å²) in [6.07, 6.45) is 2.03. The maximum Gasteiger partial charge on any atom is 0.243 e. The normalized spacial score (nSPS) is 10.5. The lowest BCUT2D eigenvalue weighted by Crippen LogP contribution is -2.21. The fraction of sp³-hybridized carbons (Fsp3) is 0.833. The number of rotatable bonds is 13. The number of carbonyl (C=O) groups excluding carboxylic acids is 2. The first-order chi connectivity index (χ1) is 8.66. The predicted octanol–water partition coefficient (Wildman–Crippen LogP) is 0.281. The average molecular weight is 261 g/mol. The molecule has 0 heterocycles. The van der Waals surface area contributed by atoms with Crippen molar-refractivity contribution in [1.29, 1.82) is 0 Å². The minimum atomic E-state index is -0.571. The van der Waals surface area contributed by atoms with Crippen LogP contribution in [0.3, 0.4) is 0 Å². The van der Waals surface area contributed by atoms with E-state index in [4.69, 9.17) is 19.9 Å². The maximum absolute atomic E-state index is 11.2. The van der Waals surface area contributed by atoms with E-state index in [2.05, 4.69) is 0 Å². The largest absolute Gasteiger partial charge is 0.379 e. The van der Waals surface area contributed by atoms with Crippen LogP contribution in [-0.2, 0) is 23.8 Å². The highest BCUT2D eigenvalue weighted by Gasteiger charge is 2.03. The van der Waals surface area contributed by atoms with Gasteiger partial charge in [-0.15, -0.1) is 0 Å². The van der Waals surface area contributed by atoms with Gasteiger partial charge in [-0.1, -0.05) is 6.92 Å². The highest BCUT2D eigenvalue weighted by atomic mass is 16.5. The van der Waals surface area contributed by atoms with E-state index < -0.39 is 5.91 Å². The number of ether oxygens (including phenoxy) is 3. The van der Waals surface area contributed by atoms with Crippen molar-refractivity contribution in [3.05, 3.63) is 0 Å².